The predicted molar refractivity (Wildman–Crippen MR) is 86.6 cm³/mol. The SMILES string of the molecule is CC(=N)/C(=C\NC1CC(C=O)C1)c1cnc2ccccc2n1. The van der Waals surface area contributed by atoms with E-state index < -0.39 is 0 Å². The van der Waals surface area contributed by atoms with Crippen molar-refractivity contribution in [2.45, 2.75) is 25.8 Å². The van der Waals surface area contributed by atoms with Gasteiger partial charge in [0.1, 0.15) is 6.29 Å². The number of rotatable bonds is 5. The molecule has 5 heteroatoms. The van der Waals surface area contributed by atoms with E-state index in [1.54, 1.807) is 13.1 Å². The molecule has 0 spiro atoms. The topological polar surface area (TPSA) is 78.7 Å². The van der Waals surface area contributed by atoms with Crippen LogP contribution in [0.1, 0.15) is 25.5 Å². The molecular formula is C17H18N4O. The van der Waals surface area contributed by atoms with Gasteiger partial charge >= 0.3 is 0 Å². The smallest absolute Gasteiger partial charge is 0.123 e. The fourth-order valence-corrected chi connectivity index (χ4v) is 2.57. The molecule has 1 fully saturated rings. The van der Waals surface area contributed by atoms with Crippen LogP contribution < -0.4 is 5.32 Å². The van der Waals surface area contributed by atoms with Crippen LogP contribution in [0.3, 0.4) is 0 Å². The third kappa shape index (κ3) is 2.88. The molecule has 0 aliphatic heterocycles. The normalized spacial score (nSPS) is 21.2. The van der Waals surface area contributed by atoms with Gasteiger partial charge in [-0.1, -0.05) is 12.1 Å². The third-order valence-electron chi connectivity index (χ3n) is 3.96. The Bertz CT molecular complexity index is 747. The molecule has 3 rings (SSSR count). The van der Waals surface area contributed by atoms with Crippen molar-refractivity contribution in [3.63, 3.8) is 0 Å². The van der Waals surface area contributed by atoms with E-state index in [0.717, 1.165) is 35.7 Å². The minimum absolute atomic E-state index is 0.177. The van der Waals surface area contributed by atoms with Crippen molar-refractivity contribution in [2.24, 2.45) is 5.92 Å². The monoisotopic (exact) mass is 294 g/mol. The maximum absolute atomic E-state index is 10.6. The fraction of sp³-hybridized carbons (Fsp3) is 0.294. The summed E-state index contributed by atoms with van der Waals surface area (Å²) in [6.07, 6.45) is 6.25. The molecular weight excluding hydrogens is 276 g/mol. The number of fused-ring (bicyclic) bond motifs is 1. The minimum Gasteiger partial charge on any atom is -0.388 e. The zero-order valence-electron chi connectivity index (χ0n) is 12.4. The first kappa shape index (κ1) is 14.4. The number of hydrogen-bond donors (Lipinski definition) is 2. The quantitative estimate of drug-likeness (QED) is 0.656. The Hall–Kier alpha value is -2.56. The van der Waals surface area contributed by atoms with E-state index in [-0.39, 0.29) is 5.92 Å². The number of allylic oxidation sites excluding steroid dienone is 1. The van der Waals surface area contributed by atoms with Gasteiger partial charge in [0.15, 0.2) is 0 Å². The number of nitrogens with zero attached hydrogens (tertiary/aromatic N) is 2. The number of carbonyl (C=O) groups is 1. The van der Waals surface area contributed by atoms with Gasteiger partial charge in [0.2, 0.25) is 0 Å². The van der Waals surface area contributed by atoms with Crippen LogP contribution in [0.5, 0.6) is 0 Å². The van der Waals surface area contributed by atoms with Crippen LogP contribution in [-0.2, 0) is 4.79 Å². The molecule has 5 nitrogen and oxygen atoms in total. The van der Waals surface area contributed by atoms with Gasteiger partial charge < -0.3 is 15.5 Å². The lowest BCUT2D eigenvalue weighted by atomic mass is 9.81. The number of benzene rings is 1. The number of carbonyl (C=O) groups excluding carboxylic acids is 1. The Kier molecular flexibility index (Phi) is 3.96. The van der Waals surface area contributed by atoms with E-state index in [1.807, 2.05) is 30.5 Å². The maximum Gasteiger partial charge on any atom is 0.123 e. The molecule has 0 amide bonds. The lowest BCUT2D eigenvalue weighted by Gasteiger charge is -2.31. The number of nitrogens with one attached hydrogen (secondary N) is 2. The second-order valence-electron chi connectivity index (χ2n) is 5.66. The minimum atomic E-state index is 0.177. The molecule has 1 aromatic heterocycles. The second-order valence-corrected chi connectivity index (χ2v) is 5.66. The van der Waals surface area contributed by atoms with E-state index in [9.17, 15) is 4.79 Å². The standard InChI is InChI=1S/C17H18N4O/c1-11(18)14(8-19-13-6-12(7-13)10-22)17-9-20-15-4-2-3-5-16(15)21-17/h2-5,8-10,12-13,18-19H,6-7H2,1H3/b14-8+,18-11?. The molecule has 1 heterocycles. The molecule has 1 aliphatic carbocycles. The Morgan fingerprint density at radius 2 is 2.05 bits per heavy atom. The fourth-order valence-electron chi connectivity index (χ4n) is 2.57. The van der Waals surface area contributed by atoms with E-state index >= 15 is 0 Å². The maximum atomic E-state index is 10.6. The van der Waals surface area contributed by atoms with Crippen LogP contribution in [0.25, 0.3) is 16.6 Å². The van der Waals surface area contributed by atoms with Gasteiger partial charge in [-0.2, -0.15) is 0 Å². The molecule has 0 radical (unpaired) electrons. The van der Waals surface area contributed by atoms with Crippen LogP contribution >= 0.6 is 0 Å². The van der Waals surface area contributed by atoms with Crippen LogP contribution in [0.2, 0.25) is 0 Å². The van der Waals surface area contributed by atoms with E-state index in [2.05, 4.69) is 15.3 Å². The van der Waals surface area contributed by atoms with Crippen molar-refractivity contribution < 1.29 is 4.79 Å². The molecule has 1 aromatic carbocycles. The van der Waals surface area contributed by atoms with Crippen molar-refractivity contribution >= 4 is 28.6 Å². The molecule has 0 bridgehead atoms. The Morgan fingerprint density at radius 3 is 2.73 bits per heavy atom. The molecule has 0 atom stereocenters. The van der Waals surface area contributed by atoms with Gasteiger partial charge in [0.25, 0.3) is 0 Å². The highest BCUT2D eigenvalue weighted by atomic mass is 16.1. The zero-order valence-corrected chi connectivity index (χ0v) is 12.4. The third-order valence-corrected chi connectivity index (χ3v) is 3.96. The highest BCUT2D eigenvalue weighted by molar-refractivity contribution is 6.20. The summed E-state index contributed by atoms with van der Waals surface area (Å²) in [5.41, 5.74) is 3.51. The Balaban J connectivity index is 1.83. The summed E-state index contributed by atoms with van der Waals surface area (Å²) in [6, 6.07) is 7.98. The van der Waals surface area contributed by atoms with Crippen LogP contribution in [-0.4, -0.2) is 28.0 Å². The van der Waals surface area contributed by atoms with Gasteiger partial charge in [-0.15, -0.1) is 0 Å². The second kappa shape index (κ2) is 6.05. The molecule has 1 saturated carbocycles. The van der Waals surface area contributed by atoms with E-state index in [0.29, 0.717) is 17.4 Å². The molecule has 2 aromatic rings. The molecule has 0 saturated heterocycles. The predicted octanol–water partition coefficient (Wildman–Crippen LogP) is 2.58. The molecule has 112 valence electrons. The number of hydrogen-bond acceptors (Lipinski definition) is 5. The summed E-state index contributed by atoms with van der Waals surface area (Å²) >= 11 is 0. The summed E-state index contributed by atoms with van der Waals surface area (Å²) in [4.78, 5) is 19.6. The highest BCUT2D eigenvalue weighted by Gasteiger charge is 2.27. The zero-order chi connectivity index (χ0) is 15.5. The highest BCUT2D eigenvalue weighted by Crippen LogP contribution is 2.25. The Labute approximate surface area is 129 Å². The summed E-state index contributed by atoms with van der Waals surface area (Å²) < 4.78 is 0. The molecule has 22 heavy (non-hydrogen) atoms. The van der Waals surface area contributed by atoms with Gasteiger partial charge in [-0.05, 0) is 31.9 Å². The largest absolute Gasteiger partial charge is 0.388 e. The number of aromatic nitrogens is 2. The van der Waals surface area contributed by atoms with Gasteiger partial charge in [0.05, 0.1) is 22.9 Å². The number of aldehydes is 1. The molecule has 0 unspecified atom stereocenters. The van der Waals surface area contributed by atoms with Crippen molar-refractivity contribution in [3.8, 4) is 0 Å². The van der Waals surface area contributed by atoms with Gasteiger partial charge in [0, 0.05) is 29.4 Å². The molecule has 1 aliphatic rings. The van der Waals surface area contributed by atoms with E-state index in [4.69, 9.17) is 5.41 Å². The van der Waals surface area contributed by atoms with Crippen LogP contribution in [0.4, 0.5) is 0 Å². The van der Waals surface area contributed by atoms with Gasteiger partial charge in [-0.3, -0.25) is 4.98 Å². The van der Waals surface area contributed by atoms with Crippen molar-refractivity contribution in [1.29, 1.82) is 5.41 Å². The summed E-state index contributed by atoms with van der Waals surface area (Å²) in [7, 11) is 0. The molecule has 2 N–H and O–H groups in total. The summed E-state index contributed by atoms with van der Waals surface area (Å²) in [5, 5.41) is 11.2. The van der Waals surface area contributed by atoms with Gasteiger partial charge in [-0.25, -0.2) is 4.98 Å². The summed E-state index contributed by atoms with van der Waals surface area (Å²) in [5.74, 6) is 0.177. The van der Waals surface area contributed by atoms with Crippen molar-refractivity contribution in [3.05, 3.63) is 42.4 Å². The first-order valence-corrected chi connectivity index (χ1v) is 7.36. The lowest BCUT2D eigenvalue weighted by molar-refractivity contribution is -0.113. The first-order valence-electron chi connectivity index (χ1n) is 7.36. The van der Waals surface area contributed by atoms with Crippen LogP contribution in [0.15, 0.2) is 36.7 Å². The first-order chi connectivity index (χ1) is 10.7. The average Bonchev–Trinajstić information content (AvgIpc) is 2.49. The van der Waals surface area contributed by atoms with Crippen molar-refractivity contribution in [2.75, 3.05) is 0 Å². The van der Waals surface area contributed by atoms with E-state index in [1.165, 1.54) is 0 Å². The van der Waals surface area contributed by atoms with Crippen molar-refractivity contribution in [1.82, 2.24) is 15.3 Å². The Morgan fingerprint density at radius 1 is 1.32 bits per heavy atom. The average molecular weight is 294 g/mol. The number of para-hydroxylation sites is 2. The lowest BCUT2D eigenvalue weighted by Crippen LogP contribution is -2.39. The van der Waals surface area contributed by atoms with Crippen LogP contribution in [0, 0.1) is 11.3 Å². The summed E-state index contributed by atoms with van der Waals surface area (Å²) in [6.45, 7) is 1.74.